The van der Waals surface area contributed by atoms with Crippen LogP contribution in [0, 0.1) is 20.8 Å². The molecular weight excluding hydrogens is 344 g/mol. The number of rotatable bonds is 5. The summed E-state index contributed by atoms with van der Waals surface area (Å²) in [6.45, 7) is 9.76. The fourth-order valence-corrected chi connectivity index (χ4v) is 4.88. The molecule has 0 unspecified atom stereocenters. The van der Waals surface area contributed by atoms with Crippen LogP contribution in [0.25, 0.3) is 0 Å². The summed E-state index contributed by atoms with van der Waals surface area (Å²) in [4.78, 5) is 0.826. The standard InChI is InChI=1S/C22H26O3S/c1-5-11-22(14-26(24)19-8-6-15(2)7-9-19)12-10-18-13-20(23)16(3)17(4)21(18)25-22/h5-9,13,23H,1,10-12,14H2,2-4H3/t22-,26+/m1/s1. The summed E-state index contributed by atoms with van der Waals surface area (Å²) in [5.41, 5.74) is 3.43. The molecular formula is C22H26O3S. The molecule has 0 spiro atoms. The lowest BCUT2D eigenvalue weighted by Gasteiger charge is -2.39. The van der Waals surface area contributed by atoms with Gasteiger partial charge in [0.15, 0.2) is 0 Å². The van der Waals surface area contributed by atoms with Gasteiger partial charge >= 0.3 is 0 Å². The molecule has 0 radical (unpaired) electrons. The number of aromatic hydroxyl groups is 1. The summed E-state index contributed by atoms with van der Waals surface area (Å²) in [5.74, 6) is 1.57. The van der Waals surface area contributed by atoms with Gasteiger partial charge in [-0.25, -0.2) is 0 Å². The van der Waals surface area contributed by atoms with Gasteiger partial charge in [0.2, 0.25) is 0 Å². The third kappa shape index (κ3) is 3.56. The maximum absolute atomic E-state index is 13.0. The lowest BCUT2D eigenvalue weighted by Crippen LogP contribution is -2.44. The van der Waals surface area contributed by atoms with Gasteiger partial charge in [-0.05, 0) is 68.5 Å². The largest absolute Gasteiger partial charge is 0.508 e. The van der Waals surface area contributed by atoms with Gasteiger partial charge in [0.05, 0.1) is 16.6 Å². The smallest absolute Gasteiger partial charge is 0.126 e. The molecule has 0 saturated heterocycles. The van der Waals surface area contributed by atoms with Crippen molar-refractivity contribution < 1.29 is 14.1 Å². The van der Waals surface area contributed by atoms with E-state index in [2.05, 4.69) is 6.58 Å². The molecule has 1 aliphatic rings. The number of phenolic OH excluding ortho intramolecular Hbond substituents is 1. The molecule has 0 bridgehead atoms. The highest BCUT2D eigenvalue weighted by atomic mass is 32.2. The molecule has 0 aliphatic carbocycles. The van der Waals surface area contributed by atoms with E-state index in [0.29, 0.717) is 17.9 Å². The Balaban J connectivity index is 1.92. The molecule has 0 saturated carbocycles. The molecule has 0 fully saturated rings. The van der Waals surface area contributed by atoms with Crippen molar-refractivity contribution in [2.45, 2.75) is 50.5 Å². The Labute approximate surface area is 158 Å². The topological polar surface area (TPSA) is 46.5 Å². The Hall–Kier alpha value is -2.07. The van der Waals surface area contributed by atoms with Crippen molar-refractivity contribution in [2.24, 2.45) is 0 Å². The average Bonchev–Trinajstić information content (AvgIpc) is 2.61. The summed E-state index contributed by atoms with van der Waals surface area (Å²) in [6.07, 6.45) is 4.04. The van der Waals surface area contributed by atoms with E-state index in [1.165, 1.54) is 0 Å². The molecule has 2 atom stereocenters. The van der Waals surface area contributed by atoms with E-state index >= 15 is 0 Å². The lowest BCUT2D eigenvalue weighted by molar-refractivity contribution is 0.0710. The first-order valence-electron chi connectivity index (χ1n) is 8.92. The molecule has 2 aromatic rings. The zero-order chi connectivity index (χ0) is 18.9. The minimum atomic E-state index is -1.15. The Morgan fingerprint density at radius 2 is 1.92 bits per heavy atom. The van der Waals surface area contributed by atoms with Crippen molar-refractivity contribution in [1.82, 2.24) is 0 Å². The number of phenols is 1. The molecule has 3 rings (SSSR count). The molecule has 1 N–H and O–H groups in total. The molecule has 1 aliphatic heterocycles. The Morgan fingerprint density at radius 3 is 2.58 bits per heavy atom. The maximum Gasteiger partial charge on any atom is 0.126 e. The highest BCUT2D eigenvalue weighted by Crippen LogP contribution is 2.42. The van der Waals surface area contributed by atoms with Gasteiger partial charge in [0.1, 0.15) is 17.1 Å². The number of benzene rings is 2. The number of ether oxygens (including phenoxy) is 1. The first-order chi connectivity index (χ1) is 12.3. The number of fused-ring (bicyclic) bond motifs is 1. The van der Waals surface area contributed by atoms with Gasteiger partial charge in [-0.1, -0.05) is 23.8 Å². The van der Waals surface area contributed by atoms with Crippen molar-refractivity contribution in [3.05, 3.63) is 65.2 Å². The molecule has 3 nitrogen and oxygen atoms in total. The second kappa shape index (κ2) is 7.28. The summed E-state index contributed by atoms with van der Waals surface area (Å²) in [7, 11) is -1.15. The minimum absolute atomic E-state index is 0.310. The molecule has 1 heterocycles. The molecule has 0 aromatic heterocycles. The molecule has 2 aromatic carbocycles. The van der Waals surface area contributed by atoms with E-state index in [9.17, 15) is 9.32 Å². The summed E-state index contributed by atoms with van der Waals surface area (Å²) < 4.78 is 19.4. The molecule has 0 amide bonds. The minimum Gasteiger partial charge on any atom is -0.508 e. The van der Waals surface area contributed by atoms with Crippen molar-refractivity contribution >= 4 is 10.8 Å². The quantitative estimate of drug-likeness (QED) is 0.772. The summed E-state index contributed by atoms with van der Waals surface area (Å²) in [6, 6.07) is 9.63. The maximum atomic E-state index is 13.0. The second-order valence-electron chi connectivity index (χ2n) is 7.21. The second-order valence-corrected chi connectivity index (χ2v) is 8.67. The monoisotopic (exact) mass is 370 g/mol. The highest BCUT2D eigenvalue weighted by molar-refractivity contribution is 7.85. The van der Waals surface area contributed by atoms with Crippen LogP contribution in [0.1, 0.15) is 35.1 Å². The van der Waals surface area contributed by atoms with Gasteiger partial charge in [-0.3, -0.25) is 4.21 Å². The molecule has 4 heteroatoms. The van der Waals surface area contributed by atoms with Gasteiger partial charge in [0.25, 0.3) is 0 Å². The van der Waals surface area contributed by atoms with Crippen molar-refractivity contribution in [3.63, 3.8) is 0 Å². The van der Waals surface area contributed by atoms with Crippen molar-refractivity contribution in [1.29, 1.82) is 0 Å². The zero-order valence-corrected chi connectivity index (χ0v) is 16.5. The van der Waals surface area contributed by atoms with E-state index in [4.69, 9.17) is 4.74 Å². The number of hydrogen-bond donors (Lipinski definition) is 1. The zero-order valence-electron chi connectivity index (χ0n) is 15.7. The van der Waals surface area contributed by atoms with E-state index in [1.807, 2.05) is 51.1 Å². The lowest BCUT2D eigenvalue weighted by atomic mass is 9.88. The van der Waals surface area contributed by atoms with Crippen LogP contribution < -0.4 is 4.74 Å². The van der Waals surface area contributed by atoms with E-state index in [0.717, 1.165) is 45.7 Å². The first-order valence-corrected chi connectivity index (χ1v) is 10.2. The van der Waals surface area contributed by atoms with Crippen LogP contribution in [-0.2, 0) is 17.2 Å². The fraction of sp³-hybridized carbons (Fsp3) is 0.364. The van der Waals surface area contributed by atoms with E-state index < -0.39 is 16.4 Å². The third-order valence-electron chi connectivity index (χ3n) is 5.25. The van der Waals surface area contributed by atoms with Crippen molar-refractivity contribution in [3.8, 4) is 11.5 Å². The predicted molar refractivity (Wildman–Crippen MR) is 107 cm³/mol. The van der Waals surface area contributed by atoms with E-state index in [1.54, 1.807) is 6.07 Å². The third-order valence-corrected chi connectivity index (χ3v) is 6.84. The van der Waals surface area contributed by atoms with Crippen LogP contribution in [0.2, 0.25) is 0 Å². The SMILES string of the molecule is C=CC[C@]1(C[S@](=O)c2ccc(C)cc2)CCc2cc(O)c(C)c(C)c2O1. The van der Waals surface area contributed by atoms with Gasteiger partial charge in [-0.15, -0.1) is 6.58 Å². The molecule has 26 heavy (non-hydrogen) atoms. The number of aryl methyl sites for hydroxylation is 2. The van der Waals surface area contributed by atoms with Crippen LogP contribution in [0.3, 0.4) is 0 Å². The normalized spacial score (nSPS) is 20.1. The van der Waals surface area contributed by atoms with Crippen LogP contribution in [0.15, 0.2) is 47.9 Å². The van der Waals surface area contributed by atoms with Crippen LogP contribution in [0.4, 0.5) is 0 Å². The fourth-order valence-electron chi connectivity index (χ4n) is 3.48. The van der Waals surface area contributed by atoms with Gasteiger partial charge < -0.3 is 9.84 Å². The van der Waals surface area contributed by atoms with Crippen LogP contribution >= 0.6 is 0 Å². The average molecular weight is 371 g/mol. The highest BCUT2D eigenvalue weighted by Gasteiger charge is 2.38. The molecule has 138 valence electrons. The Bertz CT molecular complexity index is 855. The first kappa shape index (κ1) is 18.7. The predicted octanol–water partition coefficient (Wildman–Crippen LogP) is 4.77. The number of hydrogen-bond acceptors (Lipinski definition) is 3. The Kier molecular flexibility index (Phi) is 5.24. The van der Waals surface area contributed by atoms with Crippen LogP contribution in [0.5, 0.6) is 11.5 Å². The van der Waals surface area contributed by atoms with Crippen LogP contribution in [-0.4, -0.2) is 20.7 Å². The van der Waals surface area contributed by atoms with Crippen molar-refractivity contribution in [2.75, 3.05) is 5.75 Å². The summed E-state index contributed by atoms with van der Waals surface area (Å²) in [5, 5.41) is 10.1. The van der Waals surface area contributed by atoms with E-state index in [-0.39, 0.29) is 0 Å². The Morgan fingerprint density at radius 1 is 1.23 bits per heavy atom. The summed E-state index contributed by atoms with van der Waals surface area (Å²) >= 11 is 0. The van der Waals surface area contributed by atoms with Gasteiger partial charge in [-0.2, -0.15) is 0 Å². The van der Waals surface area contributed by atoms with Gasteiger partial charge in [0, 0.05) is 11.3 Å².